The Labute approximate surface area is 135 Å². The molecule has 4 rings (SSSR count). The molecule has 1 amide bonds. The van der Waals surface area contributed by atoms with Gasteiger partial charge in [0.2, 0.25) is 5.91 Å². The highest BCUT2D eigenvalue weighted by Crippen LogP contribution is 2.50. The van der Waals surface area contributed by atoms with Crippen LogP contribution in [-0.2, 0) is 14.3 Å². The molecule has 0 N–H and O–H groups in total. The molecule has 0 aromatic heterocycles. The molecule has 1 aromatic carbocycles. The molecule has 23 heavy (non-hydrogen) atoms. The second kappa shape index (κ2) is 5.25. The molecule has 122 valence electrons. The minimum Gasteiger partial charge on any atom is -0.486 e. The molecule has 0 unspecified atom stereocenters. The number of benzene rings is 1. The fourth-order valence-electron chi connectivity index (χ4n) is 3.77. The van der Waals surface area contributed by atoms with E-state index in [2.05, 4.69) is 0 Å². The Bertz CT molecular complexity index is 667. The van der Waals surface area contributed by atoms with Gasteiger partial charge in [0, 0.05) is 18.0 Å². The fourth-order valence-corrected chi connectivity index (χ4v) is 3.77. The largest absolute Gasteiger partial charge is 0.486 e. The van der Waals surface area contributed by atoms with Crippen LogP contribution < -0.4 is 4.74 Å². The molecule has 0 spiro atoms. The first kappa shape index (κ1) is 14.5. The highest BCUT2D eigenvalue weighted by molar-refractivity contribution is 5.84. The number of esters is 1. The predicted octanol–water partition coefficient (Wildman–Crippen LogP) is 2.23. The van der Waals surface area contributed by atoms with Gasteiger partial charge in [-0.3, -0.25) is 9.59 Å². The summed E-state index contributed by atoms with van der Waals surface area (Å²) in [4.78, 5) is 26.9. The molecule has 3 atom stereocenters. The molecule has 1 saturated heterocycles. The molecule has 3 aliphatic rings. The number of hydrogen-bond donors (Lipinski definition) is 0. The molecule has 5 heteroatoms. The minimum absolute atomic E-state index is 0.130. The second-order valence-corrected chi connectivity index (χ2v) is 6.64. The Morgan fingerprint density at radius 3 is 2.83 bits per heavy atom. The first-order valence-electron chi connectivity index (χ1n) is 8.35. The molecule has 0 radical (unpaired) electrons. The zero-order valence-corrected chi connectivity index (χ0v) is 13.5. The van der Waals surface area contributed by atoms with Gasteiger partial charge in [-0.2, -0.15) is 0 Å². The van der Waals surface area contributed by atoms with Crippen LogP contribution in [0.4, 0.5) is 0 Å². The van der Waals surface area contributed by atoms with Gasteiger partial charge in [0.25, 0.3) is 0 Å². The zero-order chi connectivity index (χ0) is 16.1. The van der Waals surface area contributed by atoms with Gasteiger partial charge < -0.3 is 14.4 Å². The van der Waals surface area contributed by atoms with Gasteiger partial charge in [-0.1, -0.05) is 18.2 Å². The van der Waals surface area contributed by atoms with E-state index in [9.17, 15) is 9.59 Å². The summed E-state index contributed by atoms with van der Waals surface area (Å²) in [7, 11) is 0. The maximum absolute atomic E-state index is 12.7. The van der Waals surface area contributed by atoms with Gasteiger partial charge >= 0.3 is 5.97 Å². The Balaban J connectivity index is 1.71. The Kier molecular flexibility index (Phi) is 3.32. The Morgan fingerprint density at radius 1 is 1.35 bits per heavy atom. The smallest absolute Gasteiger partial charge is 0.314 e. The van der Waals surface area contributed by atoms with Crippen molar-refractivity contribution in [3.63, 3.8) is 0 Å². The number of carbonyl (C=O) groups is 2. The van der Waals surface area contributed by atoms with Crippen LogP contribution in [0.25, 0.3) is 0 Å². The molecule has 0 bridgehead atoms. The molecular weight excluding hydrogens is 294 g/mol. The SMILES string of the molecule is CCOC(=O)[C@@H]1CN(C(=O)C2CC2)[C@H]2c3cccc(C)c3O[C@@H]12. The van der Waals surface area contributed by atoms with E-state index in [1.54, 1.807) is 6.92 Å². The monoisotopic (exact) mass is 315 g/mol. The van der Waals surface area contributed by atoms with Gasteiger partial charge in [0.15, 0.2) is 0 Å². The lowest BCUT2D eigenvalue weighted by molar-refractivity contribution is -0.149. The third-order valence-corrected chi connectivity index (χ3v) is 5.05. The number of aryl methyl sites for hydroxylation is 1. The van der Waals surface area contributed by atoms with Crippen molar-refractivity contribution in [3.8, 4) is 5.75 Å². The molecule has 1 saturated carbocycles. The highest BCUT2D eigenvalue weighted by atomic mass is 16.5. The molecule has 2 heterocycles. The Morgan fingerprint density at radius 2 is 2.13 bits per heavy atom. The average Bonchev–Trinajstić information content (AvgIpc) is 3.20. The van der Waals surface area contributed by atoms with E-state index in [4.69, 9.17) is 9.47 Å². The predicted molar refractivity (Wildman–Crippen MR) is 82.9 cm³/mol. The van der Waals surface area contributed by atoms with Crippen molar-refractivity contribution in [2.75, 3.05) is 13.2 Å². The van der Waals surface area contributed by atoms with Crippen LogP contribution in [0.3, 0.4) is 0 Å². The molecule has 1 aliphatic carbocycles. The third kappa shape index (κ3) is 2.21. The number of likely N-dealkylation sites (tertiary alicyclic amines) is 1. The van der Waals surface area contributed by atoms with E-state index >= 15 is 0 Å². The number of nitrogens with zero attached hydrogens (tertiary/aromatic N) is 1. The second-order valence-electron chi connectivity index (χ2n) is 6.64. The summed E-state index contributed by atoms with van der Waals surface area (Å²) < 4.78 is 11.3. The number of rotatable bonds is 3. The van der Waals surface area contributed by atoms with E-state index in [-0.39, 0.29) is 29.9 Å². The van der Waals surface area contributed by atoms with Crippen LogP contribution in [0.5, 0.6) is 5.75 Å². The van der Waals surface area contributed by atoms with Crippen LogP contribution in [-0.4, -0.2) is 36.0 Å². The van der Waals surface area contributed by atoms with Crippen molar-refractivity contribution >= 4 is 11.9 Å². The summed E-state index contributed by atoms with van der Waals surface area (Å²) >= 11 is 0. The van der Waals surface area contributed by atoms with Crippen molar-refractivity contribution in [3.05, 3.63) is 29.3 Å². The minimum atomic E-state index is -0.408. The summed E-state index contributed by atoms with van der Waals surface area (Å²) in [5.41, 5.74) is 2.06. The Hall–Kier alpha value is -2.04. The van der Waals surface area contributed by atoms with Gasteiger partial charge in [0.05, 0.1) is 12.6 Å². The van der Waals surface area contributed by atoms with E-state index in [1.807, 2.05) is 30.0 Å². The van der Waals surface area contributed by atoms with E-state index in [0.29, 0.717) is 13.2 Å². The summed E-state index contributed by atoms with van der Waals surface area (Å²) in [6.07, 6.45) is 1.59. The van der Waals surface area contributed by atoms with E-state index in [0.717, 1.165) is 29.7 Å². The molecule has 1 aromatic rings. The molecular formula is C18H21NO4. The number of fused-ring (bicyclic) bond motifs is 3. The van der Waals surface area contributed by atoms with Crippen LogP contribution in [0, 0.1) is 18.8 Å². The fraction of sp³-hybridized carbons (Fsp3) is 0.556. The lowest BCUT2D eigenvalue weighted by Gasteiger charge is -2.23. The standard InChI is InChI=1S/C18H21NO4/c1-3-22-18(21)13-9-19(17(20)11-7-8-11)14-12-6-4-5-10(2)15(12)23-16(13)14/h4-6,11,13-14,16H,3,7-9H2,1-2H3/t13-,14+,16+/m1/s1. The molecule has 2 aliphatic heterocycles. The maximum atomic E-state index is 12.7. The summed E-state index contributed by atoms with van der Waals surface area (Å²) in [5.74, 6) is 0.439. The number of carbonyl (C=O) groups excluding carboxylic acids is 2. The first-order valence-corrected chi connectivity index (χ1v) is 8.35. The lowest BCUT2D eigenvalue weighted by atomic mass is 9.98. The maximum Gasteiger partial charge on any atom is 0.314 e. The number of para-hydroxylation sites is 1. The van der Waals surface area contributed by atoms with Crippen LogP contribution >= 0.6 is 0 Å². The summed E-state index contributed by atoms with van der Waals surface area (Å²) in [6, 6.07) is 5.82. The zero-order valence-electron chi connectivity index (χ0n) is 13.5. The number of ether oxygens (including phenoxy) is 2. The van der Waals surface area contributed by atoms with E-state index in [1.165, 1.54) is 0 Å². The quantitative estimate of drug-likeness (QED) is 0.803. The van der Waals surface area contributed by atoms with Crippen LogP contribution in [0.2, 0.25) is 0 Å². The van der Waals surface area contributed by atoms with Gasteiger partial charge in [-0.25, -0.2) is 0 Å². The van der Waals surface area contributed by atoms with Gasteiger partial charge in [-0.15, -0.1) is 0 Å². The number of amides is 1. The first-order chi connectivity index (χ1) is 11.1. The third-order valence-electron chi connectivity index (χ3n) is 5.05. The van der Waals surface area contributed by atoms with Crippen molar-refractivity contribution in [1.29, 1.82) is 0 Å². The van der Waals surface area contributed by atoms with Gasteiger partial charge in [-0.05, 0) is 32.3 Å². The summed E-state index contributed by atoms with van der Waals surface area (Å²) in [5, 5.41) is 0. The molecule has 5 nitrogen and oxygen atoms in total. The topological polar surface area (TPSA) is 55.8 Å². The normalized spacial score (nSPS) is 28.1. The van der Waals surface area contributed by atoms with Crippen molar-refractivity contribution in [1.82, 2.24) is 4.90 Å². The van der Waals surface area contributed by atoms with Crippen LogP contribution in [0.15, 0.2) is 18.2 Å². The number of hydrogen-bond acceptors (Lipinski definition) is 4. The lowest BCUT2D eigenvalue weighted by Crippen LogP contribution is -2.33. The van der Waals surface area contributed by atoms with E-state index < -0.39 is 5.92 Å². The summed E-state index contributed by atoms with van der Waals surface area (Å²) in [6.45, 7) is 4.53. The van der Waals surface area contributed by atoms with Crippen LogP contribution in [0.1, 0.15) is 36.9 Å². The van der Waals surface area contributed by atoms with Crippen molar-refractivity contribution in [2.45, 2.75) is 38.8 Å². The highest BCUT2D eigenvalue weighted by Gasteiger charge is 2.55. The van der Waals surface area contributed by atoms with Crippen molar-refractivity contribution < 1.29 is 19.1 Å². The molecule has 2 fully saturated rings. The van der Waals surface area contributed by atoms with Gasteiger partial charge in [0.1, 0.15) is 17.8 Å². The average molecular weight is 315 g/mol. The van der Waals surface area contributed by atoms with Crippen molar-refractivity contribution in [2.24, 2.45) is 11.8 Å².